The number of nitrogens with zero attached hydrogens (tertiary/aromatic N) is 3. The Kier molecular flexibility index (Phi) is 5.71. The molecule has 0 spiro atoms. The standard InChI is InChI=1S/C19H19ClN4O3/c1-24-18(25)6-4-16(23-24)19(26)22-17-5-3-12(11-21-17)7-13-8-14(20)10-15(9-13)27-2/h3,5,8-11H,4,6-7H2,1-2H3,(H,21,22,26). The van der Waals surface area contributed by atoms with Crippen molar-refractivity contribution in [2.24, 2.45) is 5.10 Å². The lowest BCUT2D eigenvalue weighted by Gasteiger charge is -2.18. The zero-order chi connectivity index (χ0) is 19.4. The molecule has 7 nitrogen and oxygen atoms in total. The number of pyridine rings is 1. The smallest absolute Gasteiger partial charge is 0.273 e. The summed E-state index contributed by atoms with van der Waals surface area (Å²) in [6, 6.07) is 9.15. The summed E-state index contributed by atoms with van der Waals surface area (Å²) in [5, 5.41) is 8.50. The second kappa shape index (κ2) is 8.18. The van der Waals surface area contributed by atoms with Gasteiger partial charge in [0.15, 0.2) is 0 Å². The average molecular weight is 387 g/mol. The summed E-state index contributed by atoms with van der Waals surface area (Å²) >= 11 is 6.09. The van der Waals surface area contributed by atoms with Crippen LogP contribution in [-0.4, -0.2) is 41.7 Å². The van der Waals surface area contributed by atoms with Gasteiger partial charge in [-0.2, -0.15) is 5.10 Å². The molecule has 8 heteroatoms. The molecule has 2 aromatic rings. The van der Waals surface area contributed by atoms with Crippen LogP contribution in [0.25, 0.3) is 0 Å². The molecule has 27 heavy (non-hydrogen) atoms. The van der Waals surface area contributed by atoms with Gasteiger partial charge in [-0.15, -0.1) is 0 Å². The number of methoxy groups -OCH3 is 1. The second-order valence-corrected chi connectivity index (χ2v) is 6.58. The molecule has 0 saturated heterocycles. The zero-order valence-corrected chi connectivity index (χ0v) is 15.8. The van der Waals surface area contributed by atoms with Gasteiger partial charge in [0, 0.05) is 31.1 Å². The van der Waals surface area contributed by atoms with Crippen LogP contribution in [0.1, 0.15) is 24.0 Å². The van der Waals surface area contributed by atoms with Gasteiger partial charge in [0.1, 0.15) is 17.3 Å². The van der Waals surface area contributed by atoms with E-state index in [1.54, 1.807) is 25.4 Å². The number of halogens is 1. The van der Waals surface area contributed by atoms with E-state index in [1.807, 2.05) is 18.2 Å². The van der Waals surface area contributed by atoms with Crippen LogP contribution >= 0.6 is 11.6 Å². The number of aromatic nitrogens is 1. The predicted octanol–water partition coefficient (Wildman–Crippen LogP) is 2.88. The minimum Gasteiger partial charge on any atom is -0.497 e. The van der Waals surface area contributed by atoms with E-state index in [0.717, 1.165) is 11.1 Å². The number of carbonyl (C=O) groups is 2. The van der Waals surface area contributed by atoms with Crippen LogP contribution < -0.4 is 10.1 Å². The molecule has 0 fully saturated rings. The Bertz CT molecular complexity index is 896. The van der Waals surface area contributed by atoms with Crippen molar-refractivity contribution >= 4 is 34.9 Å². The third kappa shape index (κ3) is 4.83. The maximum atomic E-state index is 12.3. The maximum absolute atomic E-state index is 12.3. The third-order valence-electron chi connectivity index (χ3n) is 4.11. The number of nitrogens with one attached hydrogen (secondary N) is 1. The molecular weight excluding hydrogens is 368 g/mol. The average Bonchev–Trinajstić information content (AvgIpc) is 2.65. The van der Waals surface area contributed by atoms with Crippen molar-refractivity contribution in [3.63, 3.8) is 0 Å². The molecule has 0 unspecified atom stereocenters. The van der Waals surface area contributed by atoms with Crippen LogP contribution in [0.5, 0.6) is 5.75 Å². The van der Waals surface area contributed by atoms with E-state index in [1.165, 1.54) is 12.1 Å². The van der Waals surface area contributed by atoms with Gasteiger partial charge in [0.2, 0.25) is 5.91 Å². The van der Waals surface area contributed by atoms with Gasteiger partial charge in [-0.25, -0.2) is 9.99 Å². The number of hydrogen-bond acceptors (Lipinski definition) is 5. The SMILES string of the molecule is COc1cc(Cl)cc(Cc2ccc(NC(=O)C3=NN(C)C(=O)CC3)nc2)c1. The van der Waals surface area contributed by atoms with Gasteiger partial charge in [-0.05, 0) is 41.8 Å². The fraction of sp³-hybridized carbons (Fsp3) is 0.263. The number of carbonyl (C=O) groups excluding carboxylic acids is 2. The van der Waals surface area contributed by atoms with E-state index in [4.69, 9.17) is 16.3 Å². The largest absolute Gasteiger partial charge is 0.497 e. The summed E-state index contributed by atoms with van der Waals surface area (Å²) in [7, 11) is 3.13. The highest BCUT2D eigenvalue weighted by Gasteiger charge is 2.22. The van der Waals surface area contributed by atoms with Crippen molar-refractivity contribution in [3.05, 3.63) is 52.7 Å². The van der Waals surface area contributed by atoms with E-state index < -0.39 is 0 Å². The van der Waals surface area contributed by atoms with Crippen molar-refractivity contribution in [2.45, 2.75) is 19.3 Å². The van der Waals surface area contributed by atoms with Gasteiger partial charge in [0.05, 0.1) is 7.11 Å². The lowest BCUT2D eigenvalue weighted by molar-refractivity contribution is -0.130. The fourth-order valence-electron chi connectivity index (χ4n) is 2.70. The first-order chi connectivity index (χ1) is 12.9. The normalized spacial score (nSPS) is 14.0. The highest BCUT2D eigenvalue weighted by Crippen LogP contribution is 2.22. The fourth-order valence-corrected chi connectivity index (χ4v) is 2.95. The zero-order valence-electron chi connectivity index (χ0n) is 15.0. The summed E-state index contributed by atoms with van der Waals surface area (Å²) in [5.41, 5.74) is 2.29. The van der Waals surface area contributed by atoms with Crippen LogP contribution in [-0.2, 0) is 16.0 Å². The molecule has 1 aliphatic rings. The molecular formula is C19H19ClN4O3. The Morgan fingerprint density at radius 1 is 1.26 bits per heavy atom. The van der Waals surface area contributed by atoms with Crippen molar-refractivity contribution in [1.82, 2.24) is 9.99 Å². The molecule has 0 saturated carbocycles. The Hall–Kier alpha value is -2.93. The number of hydrazone groups is 1. The van der Waals surface area contributed by atoms with Gasteiger partial charge in [-0.3, -0.25) is 9.59 Å². The van der Waals surface area contributed by atoms with E-state index in [-0.39, 0.29) is 18.2 Å². The molecule has 1 aromatic carbocycles. The monoisotopic (exact) mass is 386 g/mol. The van der Waals surface area contributed by atoms with Gasteiger partial charge >= 0.3 is 0 Å². The van der Waals surface area contributed by atoms with Crippen LogP contribution in [0.15, 0.2) is 41.6 Å². The minimum atomic E-state index is -0.353. The Morgan fingerprint density at radius 2 is 2.07 bits per heavy atom. The summed E-state index contributed by atoms with van der Waals surface area (Å²) < 4.78 is 5.22. The molecule has 0 radical (unpaired) electrons. The van der Waals surface area contributed by atoms with Crippen LogP contribution in [0.3, 0.4) is 0 Å². The molecule has 2 heterocycles. The maximum Gasteiger partial charge on any atom is 0.273 e. The summed E-state index contributed by atoms with van der Waals surface area (Å²) in [6.45, 7) is 0. The first-order valence-corrected chi connectivity index (χ1v) is 8.76. The first kappa shape index (κ1) is 18.8. The number of amides is 2. The summed E-state index contributed by atoms with van der Waals surface area (Å²) in [4.78, 5) is 28.0. The molecule has 0 aliphatic carbocycles. The van der Waals surface area contributed by atoms with Crippen molar-refractivity contribution in [3.8, 4) is 5.75 Å². The molecule has 1 aliphatic heterocycles. The highest BCUT2D eigenvalue weighted by atomic mass is 35.5. The lowest BCUT2D eigenvalue weighted by atomic mass is 10.1. The van der Waals surface area contributed by atoms with Gasteiger partial charge in [0.25, 0.3) is 5.91 Å². The molecule has 3 rings (SSSR count). The van der Waals surface area contributed by atoms with E-state index in [9.17, 15) is 9.59 Å². The predicted molar refractivity (Wildman–Crippen MR) is 103 cm³/mol. The van der Waals surface area contributed by atoms with E-state index in [0.29, 0.717) is 35.1 Å². The van der Waals surface area contributed by atoms with Crippen LogP contribution in [0.2, 0.25) is 5.02 Å². The molecule has 140 valence electrons. The molecule has 0 bridgehead atoms. The molecule has 1 N–H and O–H groups in total. The third-order valence-corrected chi connectivity index (χ3v) is 4.33. The van der Waals surface area contributed by atoms with E-state index in [2.05, 4.69) is 15.4 Å². The van der Waals surface area contributed by atoms with Crippen LogP contribution in [0, 0.1) is 0 Å². The minimum absolute atomic E-state index is 0.105. The topological polar surface area (TPSA) is 83.9 Å². The first-order valence-electron chi connectivity index (χ1n) is 8.38. The Morgan fingerprint density at radius 3 is 2.74 bits per heavy atom. The number of hydrogen-bond donors (Lipinski definition) is 1. The highest BCUT2D eigenvalue weighted by molar-refractivity contribution is 6.43. The van der Waals surface area contributed by atoms with Gasteiger partial charge in [-0.1, -0.05) is 17.7 Å². The van der Waals surface area contributed by atoms with Crippen molar-refractivity contribution in [1.29, 1.82) is 0 Å². The van der Waals surface area contributed by atoms with Crippen molar-refractivity contribution in [2.75, 3.05) is 19.5 Å². The van der Waals surface area contributed by atoms with Crippen LogP contribution in [0.4, 0.5) is 5.82 Å². The van der Waals surface area contributed by atoms with Crippen molar-refractivity contribution < 1.29 is 14.3 Å². The Balaban J connectivity index is 1.65. The number of anilines is 1. The lowest BCUT2D eigenvalue weighted by Crippen LogP contribution is -2.34. The quantitative estimate of drug-likeness (QED) is 0.856. The molecule has 1 aromatic heterocycles. The summed E-state index contributed by atoms with van der Waals surface area (Å²) in [5.74, 6) is 0.668. The number of benzene rings is 1. The Labute approximate surface area is 162 Å². The number of ether oxygens (including phenoxy) is 1. The number of rotatable bonds is 5. The van der Waals surface area contributed by atoms with E-state index >= 15 is 0 Å². The molecule has 2 amide bonds. The second-order valence-electron chi connectivity index (χ2n) is 6.15. The van der Waals surface area contributed by atoms with Gasteiger partial charge < -0.3 is 10.1 Å². The summed E-state index contributed by atoms with van der Waals surface area (Å²) in [6.07, 6.45) is 2.93. The molecule has 0 atom stereocenters.